The summed E-state index contributed by atoms with van der Waals surface area (Å²) in [5.41, 5.74) is 10.1. The van der Waals surface area contributed by atoms with Crippen molar-refractivity contribution in [2.24, 2.45) is 0 Å². The first kappa shape index (κ1) is 27.9. The van der Waals surface area contributed by atoms with Crippen molar-refractivity contribution in [1.29, 1.82) is 0 Å². The largest absolute Gasteiger partial charge is 0.456 e. The topological polar surface area (TPSA) is 48.8 Å². The predicted molar refractivity (Wildman–Crippen MR) is 209 cm³/mol. The van der Waals surface area contributed by atoms with E-state index in [4.69, 9.17) is 14.4 Å². The molecule has 5 heteroatoms. The molecule has 0 aliphatic heterocycles. The summed E-state index contributed by atoms with van der Waals surface area (Å²) in [4.78, 5) is 10.5. The number of para-hydroxylation sites is 4. The van der Waals surface area contributed by atoms with Gasteiger partial charge in [-0.2, -0.15) is 0 Å². The summed E-state index contributed by atoms with van der Waals surface area (Å²) >= 11 is 0. The van der Waals surface area contributed by atoms with Crippen molar-refractivity contribution < 1.29 is 4.42 Å². The van der Waals surface area contributed by atoms with Crippen LogP contribution in [-0.2, 0) is 0 Å². The van der Waals surface area contributed by atoms with Gasteiger partial charge >= 0.3 is 0 Å². The molecule has 51 heavy (non-hydrogen) atoms. The second-order valence-electron chi connectivity index (χ2n) is 13.0. The highest BCUT2D eigenvalue weighted by Gasteiger charge is 2.22. The molecule has 238 valence electrons. The molecular weight excluding hydrogens is 625 g/mol. The smallest absolute Gasteiger partial charge is 0.162 e. The van der Waals surface area contributed by atoms with Gasteiger partial charge in [0.1, 0.15) is 17.0 Å². The average Bonchev–Trinajstić information content (AvgIpc) is 3.86. The standard InChI is InChI=1S/C46H28N4O/c1-3-13-29(14-4-1)46-47-37(30-23-24-34-33-18-9-12-22-41(33)51-42(34)27-30)28-43(48-46)50-38-20-10-7-17-32(38)35-25-26-40-44(45(35)50)36-19-8-11-21-39(36)49(40)31-15-5-2-6-16-31/h1-28H. The third kappa shape index (κ3) is 4.15. The molecule has 0 bridgehead atoms. The van der Waals surface area contributed by atoms with Gasteiger partial charge in [0.15, 0.2) is 5.82 Å². The van der Waals surface area contributed by atoms with E-state index in [1.54, 1.807) is 0 Å². The summed E-state index contributed by atoms with van der Waals surface area (Å²) in [7, 11) is 0. The van der Waals surface area contributed by atoms with Gasteiger partial charge in [-0.25, -0.2) is 9.97 Å². The molecule has 4 heterocycles. The minimum Gasteiger partial charge on any atom is -0.456 e. The molecule has 0 saturated carbocycles. The van der Waals surface area contributed by atoms with Gasteiger partial charge in [0.2, 0.25) is 0 Å². The van der Waals surface area contributed by atoms with Crippen LogP contribution in [0.1, 0.15) is 0 Å². The molecule has 7 aromatic carbocycles. The highest BCUT2D eigenvalue weighted by Crippen LogP contribution is 2.42. The van der Waals surface area contributed by atoms with Crippen molar-refractivity contribution in [2.75, 3.05) is 0 Å². The van der Waals surface area contributed by atoms with E-state index < -0.39 is 0 Å². The number of hydrogen-bond donors (Lipinski definition) is 0. The summed E-state index contributed by atoms with van der Waals surface area (Å²) < 4.78 is 11.0. The van der Waals surface area contributed by atoms with E-state index in [1.165, 1.54) is 21.5 Å². The second-order valence-corrected chi connectivity index (χ2v) is 13.0. The zero-order valence-electron chi connectivity index (χ0n) is 27.4. The Morgan fingerprint density at radius 3 is 1.88 bits per heavy atom. The highest BCUT2D eigenvalue weighted by molar-refractivity contribution is 6.26. The Hall–Kier alpha value is -6.98. The van der Waals surface area contributed by atoms with Crippen LogP contribution < -0.4 is 0 Å². The number of rotatable bonds is 4. The number of furan rings is 1. The molecule has 0 aliphatic carbocycles. The minimum absolute atomic E-state index is 0.664. The highest BCUT2D eigenvalue weighted by atomic mass is 16.3. The normalized spacial score (nSPS) is 11.9. The fourth-order valence-electron chi connectivity index (χ4n) is 7.90. The van der Waals surface area contributed by atoms with Crippen molar-refractivity contribution in [3.05, 3.63) is 170 Å². The van der Waals surface area contributed by atoms with Crippen LogP contribution >= 0.6 is 0 Å². The summed E-state index contributed by atoms with van der Waals surface area (Å²) in [5.74, 6) is 1.47. The minimum atomic E-state index is 0.664. The van der Waals surface area contributed by atoms with Gasteiger partial charge in [0.25, 0.3) is 0 Å². The first-order chi connectivity index (χ1) is 25.3. The first-order valence-corrected chi connectivity index (χ1v) is 17.2. The van der Waals surface area contributed by atoms with Crippen LogP contribution in [0.25, 0.3) is 99.7 Å². The van der Waals surface area contributed by atoms with Gasteiger partial charge in [-0.3, -0.25) is 4.57 Å². The van der Waals surface area contributed by atoms with Crippen LogP contribution in [0.2, 0.25) is 0 Å². The van der Waals surface area contributed by atoms with Crippen molar-refractivity contribution in [2.45, 2.75) is 0 Å². The van der Waals surface area contributed by atoms with E-state index in [1.807, 2.05) is 36.4 Å². The third-order valence-electron chi connectivity index (χ3n) is 10.1. The zero-order valence-corrected chi connectivity index (χ0v) is 27.4. The van der Waals surface area contributed by atoms with Crippen LogP contribution in [-0.4, -0.2) is 19.1 Å². The van der Waals surface area contributed by atoms with E-state index >= 15 is 0 Å². The number of hydrogen-bond acceptors (Lipinski definition) is 3. The molecule has 4 aromatic heterocycles. The fraction of sp³-hybridized carbons (Fsp3) is 0. The monoisotopic (exact) mass is 652 g/mol. The van der Waals surface area contributed by atoms with Crippen LogP contribution in [0.4, 0.5) is 0 Å². The molecule has 0 unspecified atom stereocenters. The first-order valence-electron chi connectivity index (χ1n) is 17.2. The van der Waals surface area contributed by atoms with E-state index in [2.05, 4.69) is 143 Å². The van der Waals surface area contributed by atoms with Crippen molar-refractivity contribution in [3.8, 4) is 34.2 Å². The SMILES string of the molecule is c1ccc(-c2nc(-c3ccc4c(c3)oc3ccccc34)cc(-n3c4ccccc4c4ccc5c(c6ccccc6n5-c5ccccc5)c43)n2)cc1. The molecule has 0 fully saturated rings. The molecule has 11 rings (SSSR count). The van der Waals surface area contributed by atoms with Crippen molar-refractivity contribution in [3.63, 3.8) is 0 Å². The van der Waals surface area contributed by atoms with Gasteiger partial charge in [-0.05, 0) is 48.5 Å². The lowest BCUT2D eigenvalue weighted by Crippen LogP contribution is -2.02. The predicted octanol–water partition coefficient (Wildman–Crippen LogP) is 11.9. The molecule has 0 N–H and O–H groups in total. The number of aromatic nitrogens is 4. The summed E-state index contributed by atoms with van der Waals surface area (Å²) in [5, 5.41) is 6.94. The van der Waals surface area contributed by atoms with Gasteiger partial charge < -0.3 is 8.98 Å². The van der Waals surface area contributed by atoms with Crippen molar-refractivity contribution >= 4 is 65.6 Å². The van der Waals surface area contributed by atoms with Crippen LogP contribution in [0.5, 0.6) is 0 Å². The molecule has 0 saturated heterocycles. The number of fused-ring (bicyclic) bond motifs is 10. The summed E-state index contributed by atoms with van der Waals surface area (Å²) in [6.07, 6.45) is 0. The lowest BCUT2D eigenvalue weighted by Gasteiger charge is -2.13. The zero-order chi connectivity index (χ0) is 33.5. The molecule has 0 spiro atoms. The van der Waals surface area contributed by atoms with Crippen LogP contribution in [0, 0.1) is 0 Å². The Kier molecular flexibility index (Phi) is 5.89. The lowest BCUT2D eigenvalue weighted by molar-refractivity contribution is 0.669. The van der Waals surface area contributed by atoms with Crippen LogP contribution in [0.3, 0.4) is 0 Å². The molecule has 0 radical (unpaired) electrons. The Morgan fingerprint density at radius 1 is 0.412 bits per heavy atom. The summed E-state index contributed by atoms with van der Waals surface area (Å²) in [6, 6.07) is 59.4. The van der Waals surface area contributed by atoms with Crippen LogP contribution in [0.15, 0.2) is 174 Å². The van der Waals surface area contributed by atoms with Gasteiger partial charge in [-0.1, -0.05) is 115 Å². The van der Waals surface area contributed by atoms with E-state index in [0.717, 1.165) is 72.3 Å². The molecule has 0 aliphatic rings. The van der Waals surface area contributed by atoms with E-state index in [9.17, 15) is 0 Å². The lowest BCUT2D eigenvalue weighted by atomic mass is 10.1. The number of nitrogens with zero attached hydrogens (tertiary/aromatic N) is 4. The maximum Gasteiger partial charge on any atom is 0.162 e. The Labute approximate surface area is 292 Å². The number of benzene rings is 7. The molecule has 0 atom stereocenters. The van der Waals surface area contributed by atoms with Crippen molar-refractivity contribution in [1.82, 2.24) is 19.1 Å². The van der Waals surface area contributed by atoms with Gasteiger partial charge in [0, 0.05) is 55.2 Å². The van der Waals surface area contributed by atoms with E-state index in [-0.39, 0.29) is 0 Å². The maximum absolute atomic E-state index is 6.32. The molecule has 11 aromatic rings. The second kappa shape index (κ2) is 10.8. The molecule has 5 nitrogen and oxygen atoms in total. The Balaban J connectivity index is 1.25. The maximum atomic E-state index is 6.32. The Morgan fingerprint density at radius 2 is 1.06 bits per heavy atom. The summed E-state index contributed by atoms with van der Waals surface area (Å²) in [6.45, 7) is 0. The van der Waals surface area contributed by atoms with Gasteiger partial charge in [0.05, 0.1) is 27.8 Å². The molecular formula is C46H28N4O. The third-order valence-corrected chi connectivity index (χ3v) is 10.1. The Bertz CT molecular complexity index is 3130. The van der Waals surface area contributed by atoms with E-state index in [0.29, 0.717) is 5.82 Å². The average molecular weight is 653 g/mol. The molecule has 0 amide bonds. The quantitative estimate of drug-likeness (QED) is 0.190. The fourth-order valence-corrected chi connectivity index (χ4v) is 7.90. The van der Waals surface area contributed by atoms with Gasteiger partial charge in [-0.15, -0.1) is 0 Å².